The summed E-state index contributed by atoms with van der Waals surface area (Å²) in [7, 11) is 3.15. The van der Waals surface area contributed by atoms with Crippen molar-refractivity contribution in [3.8, 4) is 11.5 Å². The Balaban J connectivity index is 1.79. The Bertz CT molecular complexity index is 1270. The van der Waals surface area contributed by atoms with Gasteiger partial charge in [-0.3, -0.25) is 14.5 Å². The summed E-state index contributed by atoms with van der Waals surface area (Å²) in [5.41, 5.74) is 4.14. The molecule has 1 heterocycles. The molecule has 0 unspecified atom stereocenters. The molecular weight excluding hydrogens is 438 g/mol. The molecule has 0 saturated carbocycles. The molecule has 1 amide bonds. The monoisotopic (exact) mass is 459 g/mol. The molecule has 0 bridgehead atoms. The molecule has 0 aromatic heterocycles. The minimum absolute atomic E-state index is 0.0307. The highest BCUT2D eigenvalue weighted by Gasteiger charge is 2.30. The predicted molar refractivity (Wildman–Crippen MR) is 131 cm³/mol. The van der Waals surface area contributed by atoms with Crippen LogP contribution in [0.2, 0.25) is 5.02 Å². The summed E-state index contributed by atoms with van der Waals surface area (Å²) in [6.45, 7) is 1.51. The number of hydrogen-bond donors (Lipinski definition) is 0. The highest BCUT2D eigenvalue weighted by Crippen LogP contribution is 2.36. The van der Waals surface area contributed by atoms with Crippen molar-refractivity contribution < 1.29 is 19.1 Å². The van der Waals surface area contributed by atoms with Gasteiger partial charge in [-0.25, -0.2) is 0 Å². The fraction of sp³-hybridized carbons (Fsp3) is 0.111. The van der Waals surface area contributed by atoms with Gasteiger partial charge in [-0.05, 0) is 78.7 Å². The van der Waals surface area contributed by atoms with Crippen LogP contribution in [0.3, 0.4) is 0 Å². The first-order valence-corrected chi connectivity index (χ1v) is 10.7. The third kappa shape index (κ3) is 4.54. The molecule has 33 heavy (non-hydrogen) atoms. The Morgan fingerprint density at radius 2 is 1.58 bits per heavy atom. The van der Waals surface area contributed by atoms with E-state index in [4.69, 9.17) is 21.1 Å². The van der Waals surface area contributed by atoms with Crippen LogP contribution in [-0.4, -0.2) is 25.9 Å². The number of anilines is 1. The number of ether oxygens (including phenoxy) is 2. The molecule has 0 aliphatic carbocycles. The van der Waals surface area contributed by atoms with Crippen molar-refractivity contribution in [2.75, 3.05) is 19.1 Å². The van der Waals surface area contributed by atoms with Crippen LogP contribution in [0.1, 0.15) is 28.4 Å². The van der Waals surface area contributed by atoms with Gasteiger partial charge in [0.05, 0.1) is 19.9 Å². The van der Waals surface area contributed by atoms with Crippen molar-refractivity contribution in [2.45, 2.75) is 6.92 Å². The van der Waals surface area contributed by atoms with Crippen LogP contribution in [-0.2, 0) is 4.79 Å². The number of carbonyl (C=O) groups is 2. The lowest BCUT2D eigenvalue weighted by molar-refractivity contribution is -0.113. The zero-order valence-electron chi connectivity index (χ0n) is 18.5. The van der Waals surface area contributed by atoms with Gasteiger partial charge in [0.2, 0.25) is 0 Å². The quantitative estimate of drug-likeness (QED) is 0.333. The van der Waals surface area contributed by atoms with Crippen molar-refractivity contribution in [3.05, 3.63) is 100 Å². The van der Waals surface area contributed by atoms with Crippen LogP contribution < -0.4 is 14.4 Å². The maximum Gasteiger partial charge on any atom is 0.262 e. The molecule has 4 rings (SSSR count). The van der Waals surface area contributed by atoms with Crippen LogP contribution in [0.25, 0.3) is 11.8 Å². The average molecular weight is 460 g/mol. The van der Waals surface area contributed by atoms with E-state index in [1.807, 2.05) is 36.4 Å². The van der Waals surface area contributed by atoms with Crippen LogP contribution in [0.4, 0.5) is 5.69 Å². The lowest BCUT2D eigenvalue weighted by Crippen LogP contribution is -2.25. The number of nitrogens with zero attached hydrogens (tertiary/aromatic N) is 1. The lowest BCUT2D eigenvalue weighted by atomic mass is 10.1. The molecular formula is C27H22ClNO4. The van der Waals surface area contributed by atoms with Gasteiger partial charge in [-0.2, -0.15) is 0 Å². The highest BCUT2D eigenvalue weighted by atomic mass is 35.5. The van der Waals surface area contributed by atoms with E-state index in [0.717, 1.165) is 16.8 Å². The third-order valence-electron chi connectivity index (χ3n) is 5.38. The minimum Gasteiger partial charge on any atom is -0.493 e. The van der Waals surface area contributed by atoms with E-state index in [1.165, 1.54) is 6.92 Å². The van der Waals surface area contributed by atoms with E-state index >= 15 is 0 Å². The standard InChI is InChI=1S/C27H22ClNO4/c1-17(30)19-7-11-23(12-8-19)29-24(20-5-9-22(28)10-6-20)16-21(27(29)31)14-18-4-13-25(32-2)26(15-18)33-3/h4-16H,1-3H3/b21-14+. The number of hydrogen-bond acceptors (Lipinski definition) is 4. The molecule has 0 N–H and O–H groups in total. The summed E-state index contributed by atoms with van der Waals surface area (Å²) < 4.78 is 10.7. The maximum absolute atomic E-state index is 13.5. The molecule has 0 atom stereocenters. The van der Waals surface area contributed by atoms with Crippen LogP contribution >= 0.6 is 11.6 Å². The van der Waals surface area contributed by atoms with Crippen molar-refractivity contribution in [1.29, 1.82) is 0 Å². The number of rotatable bonds is 6. The van der Waals surface area contributed by atoms with Gasteiger partial charge in [-0.1, -0.05) is 29.8 Å². The number of ketones is 1. The Morgan fingerprint density at radius 1 is 0.909 bits per heavy atom. The third-order valence-corrected chi connectivity index (χ3v) is 5.64. The van der Waals surface area contributed by atoms with Gasteiger partial charge >= 0.3 is 0 Å². The number of benzene rings is 3. The van der Waals surface area contributed by atoms with Crippen LogP contribution in [0.5, 0.6) is 11.5 Å². The molecule has 0 saturated heterocycles. The molecule has 1 aliphatic heterocycles. The Labute approximate surface area is 197 Å². The molecule has 0 radical (unpaired) electrons. The van der Waals surface area contributed by atoms with Gasteiger partial charge in [0.1, 0.15) is 0 Å². The molecule has 3 aromatic carbocycles. The van der Waals surface area contributed by atoms with Crippen LogP contribution in [0, 0.1) is 0 Å². The van der Waals surface area contributed by atoms with E-state index in [0.29, 0.717) is 33.3 Å². The smallest absolute Gasteiger partial charge is 0.262 e. The summed E-state index contributed by atoms with van der Waals surface area (Å²) in [6, 6.07) is 19.8. The van der Waals surface area contributed by atoms with Crippen molar-refractivity contribution in [1.82, 2.24) is 0 Å². The molecule has 5 nitrogen and oxygen atoms in total. The first kappa shape index (κ1) is 22.4. The minimum atomic E-state index is -0.176. The Morgan fingerprint density at radius 3 is 2.18 bits per heavy atom. The second kappa shape index (κ2) is 9.35. The summed E-state index contributed by atoms with van der Waals surface area (Å²) in [6.07, 6.45) is 3.66. The summed E-state index contributed by atoms with van der Waals surface area (Å²) >= 11 is 6.07. The van der Waals surface area contributed by atoms with Gasteiger partial charge in [0.15, 0.2) is 17.3 Å². The molecule has 6 heteroatoms. The van der Waals surface area contributed by atoms with Gasteiger partial charge in [-0.15, -0.1) is 0 Å². The number of amides is 1. The second-order valence-electron chi connectivity index (χ2n) is 7.49. The fourth-order valence-electron chi connectivity index (χ4n) is 3.67. The zero-order valence-corrected chi connectivity index (χ0v) is 19.2. The SMILES string of the molecule is COc1ccc(/C=C2\C=C(c3ccc(Cl)cc3)N(c3ccc(C(C)=O)cc3)C2=O)cc1OC. The number of Topliss-reactive ketones (excluding diaryl/α,β-unsaturated/α-hetero) is 1. The Hall–Kier alpha value is -3.83. The zero-order chi connectivity index (χ0) is 23.5. The van der Waals surface area contributed by atoms with E-state index in [1.54, 1.807) is 61.6 Å². The predicted octanol–water partition coefficient (Wildman–Crippen LogP) is 6.03. The fourth-order valence-corrected chi connectivity index (χ4v) is 3.80. The van der Waals surface area contributed by atoms with Gasteiger partial charge in [0.25, 0.3) is 5.91 Å². The lowest BCUT2D eigenvalue weighted by Gasteiger charge is -2.21. The average Bonchev–Trinajstić information content (AvgIpc) is 3.15. The summed E-state index contributed by atoms with van der Waals surface area (Å²) in [5, 5.41) is 0.613. The van der Waals surface area contributed by atoms with E-state index in [2.05, 4.69) is 0 Å². The number of methoxy groups -OCH3 is 2. The molecule has 1 aliphatic rings. The molecule has 0 fully saturated rings. The number of halogens is 1. The topological polar surface area (TPSA) is 55.8 Å². The summed E-state index contributed by atoms with van der Waals surface area (Å²) in [4.78, 5) is 26.8. The maximum atomic E-state index is 13.5. The summed E-state index contributed by atoms with van der Waals surface area (Å²) in [5.74, 6) is 0.986. The second-order valence-corrected chi connectivity index (χ2v) is 7.93. The van der Waals surface area contributed by atoms with E-state index in [9.17, 15) is 9.59 Å². The van der Waals surface area contributed by atoms with E-state index in [-0.39, 0.29) is 11.7 Å². The molecule has 0 spiro atoms. The molecule has 3 aromatic rings. The van der Waals surface area contributed by atoms with E-state index < -0.39 is 0 Å². The molecule has 166 valence electrons. The highest BCUT2D eigenvalue weighted by molar-refractivity contribution is 6.30. The van der Waals surface area contributed by atoms with Gasteiger partial charge < -0.3 is 9.47 Å². The van der Waals surface area contributed by atoms with Crippen molar-refractivity contribution in [2.24, 2.45) is 0 Å². The van der Waals surface area contributed by atoms with Crippen molar-refractivity contribution >= 4 is 40.8 Å². The normalized spacial score (nSPS) is 14.4. The largest absolute Gasteiger partial charge is 0.493 e. The number of carbonyl (C=O) groups excluding carboxylic acids is 2. The van der Waals surface area contributed by atoms with Crippen molar-refractivity contribution in [3.63, 3.8) is 0 Å². The van der Waals surface area contributed by atoms with Gasteiger partial charge in [0, 0.05) is 21.8 Å². The first-order chi connectivity index (χ1) is 15.9. The first-order valence-electron chi connectivity index (χ1n) is 10.3. The Kier molecular flexibility index (Phi) is 6.33. The van der Waals surface area contributed by atoms with Crippen LogP contribution in [0.15, 0.2) is 78.4 Å².